The molecule has 1 fully saturated rings. The Kier molecular flexibility index (Phi) is 11.9. The van der Waals surface area contributed by atoms with Crippen LogP contribution >= 0.6 is 0 Å². The van der Waals surface area contributed by atoms with E-state index in [0.717, 1.165) is 64.2 Å². The van der Waals surface area contributed by atoms with Gasteiger partial charge in [-0.15, -0.1) is 0 Å². The van der Waals surface area contributed by atoms with Crippen molar-refractivity contribution in [2.45, 2.75) is 32.1 Å². The highest BCUT2D eigenvalue weighted by Crippen LogP contribution is 2.05. The zero-order valence-corrected chi connectivity index (χ0v) is 18.7. The summed E-state index contributed by atoms with van der Waals surface area (Å²) in [7, 11) is -3.21. The minimum Gasteiger partial charge on any atom is -0.379 e. The Morgan fingerprint density at radius 1 is 1.16 bits per heavy atom. The van der Waals surface area contributed by atoms with Crippen LogP contribution in [0, 0.1) is 11.5 Å². The van der Waals surface area contributed by atoms with Crippen LogP contribution in [0.3, 0.4) is 0 Å². The number of unbranched alkanes of at least 4 members (excludes halogenated alkanes) is 3. The fraction of sp³-hybridized carbons (Fsp3) is 0.650. The van der Waals surface area contributed by atoms with E-state index in [1.54, 1.807) is 24.5 Å². The van der Waals surface area contributed by atoms with Gasteiger partial charge in [0.2, 0.25) is 16.0 Å². The van der Waals surface area contributed by atoms with E-state index in [4.69, 9.17) is 10.00 Å². The van der Waals surface area contributed by atoms with Crippen LogP contribution in [0.1, 0.15) is 32.1 Å². The number of hydrogen-bond acceptors (Lipinski definition) is 7. The Bertz CT molecular complexity index is 791. The molecule has 0 saturated carbocycles. The predicted octanol–water partition coefficient (Wildman–Crippen LogP) is 1.12. The van der Waals surface area contributed by atoms with E-state index in [9.17, 15) is 8.42 Å². The molecule has 1 aromatic rings. The molecule has 31 heavy (non-hydrogen) atoms. The van der Waals surface area contributed by atoms with Gasteiger partial charge in [-0.05, 0) is 37.9 Å². The first kappa shape index (κ1) is 25.0. The van der Waals surface area contributed by atoms with Crippen molar-refractivity contribution in [3.63, 3.8) is 0 Å². The lowest BCUT2D eigenvalue weighted by Crippen LogP contribution is -2.38. The molecule has 0 amide bonds. The second-order valence-electron chi connectivity index (χ2n) is 7.26. The smallest absolute Gasteiger partial charge is 0.211 e. The molecule has 0 unspecified atom stereocenters. The van der Waals surface area contributed by atoms with Crippen molar-refractivity contribution in [2.75, 3.05) is 57.0 Å². The molecule has 0 aromatic carbocycles. The number of guanidine groups is 1. The minimum atomic E-state index is -3.21. The van der Waals surface area contributed by atoms with E-state index < -0.39 is 10.0 Å². The number of hydrogen-bond donors (Lipinski definition) is 3. The lowest BCUT2D eigenvalue weighted by molar-refractivity contribution is 0.0376. The summed E-state index contributed by atoms with van der Waals surface area (Å²) in [5.74, 6) is 0.538. The molecule has 0 bridgehead atoms. The normalized spacial score (nSPS) is 15.4. The Labute approximate surface area is 185 Å². The van der Waals surface area contributed by atoms with Crippen LogP contribution in [0.4, 0.5) is 5.69 Å². The van der Waals surface area contributed by atoms with Gasteiger partial charge in [0, 0.05) is 44.3 Å². The molecular weight excluding hydrogens is 418 g/mol. The molecule has 1 aliphatic rings. The summed E-state index contributed by atoms with van der Waals surface area (Å²) in [6, 6.07) is 3.57. The Balaban J connectivity index is 1.53. The summed E-state index contributed by atoms with van der Waals surface area (Å²) < 4.78 is 32.2. The highest BCUT2D eigenvalue weighted by Gasteiger charge is 2.12. The largest absolute Gasteiger partial charge is 0.379 e. The first-order valence-corrected chi connectivity index (χ1v) is 12.4. The zero-order valence-electron chi connectivity index (χ0n) is 17.9. The topological polar surface area (TPSA) is 132 Å². The third-order valence-corrected chi connectivity index (χ3v) is 6.26. The molecule has 2 heterocycles. The number of anilines is 1. The van der Waals surface area contributed by atoms with Crippen molar-refractivity contribution in [2.24, 2.45) is 4.99 Å². The van der Waals surface area contributed by atoms with Crippen molar-refractivity contribution in [3.8, 4) is 6.19 Å². The molecular formula is C20H33N7O3S. The number of nitriles is 1. The number of pyridine rings is 1. The van der Waals surface area contributed by atoms with Crippen LogP contribution in [0.25, 0.3) is 0 Å². The molecule has 11 heteroatoms. The van der Waals surface area contributed by atoms with Crippen molar-refractivity contribution in [1.82, 2.24) is 19.9 Å². The number of rotatable bonds is 13. The summed E-state index contributed by atoms with van der Waals surface area (Å²) >= 11 is 0. The van der Waals surface area contributed by atoms with Gasteiger partial charge in [-0.3, -0.25) is 20.2 Å². The van der Waals surface area contributed by atoms with E-state index in [2.05, 4.69) is 30.2 Å². The first-order chi connectivity index (χ1) is 15.1. The predicted molar refractivity (Wildman–Crippen MR) is 121 cm³/mol. The van der Waals surface area contributed by atoms with Gasteiger partial charge in [0.15, 0.2) is 6.19 Å². The molecule has 0 radical (unpaired) electrons. The number of sulfonamides is 1. The molecule has 1 saturated heterocycles. The fourth-order valence-corrected chi connectivity index (χ4v) is 4.29. The van der Waals surface area contributed by atoms with Crippen molar-refractivity contribution < 1.29 is 13.2 Å². The number of ether oxygens (including phenoxy) is 1. The number of morpholine rings is 1. The molecule has 0 atom stereocenters. The van der Waals surface area contributed by atoms with Crippen LogP contribution in [-0.4, -0.2) is 76.0 Å². The Morgan fingerprint density at radius 2 is 1.90 bits per heavy atom. The van der Waals surface area contributed by atoms with Crippen molar-refractivity contribution in [1.29, 1.82) is 5.26 Å². The Hall–Kier alpha value is -2.26. The summed E-state index contributed by atoms with van der Waals surface area (Å²) in [5.41, 5.74) is 0.791. The highest BCUT2D eigenvalue weighted by atomic mass is 32.2. The maximum atomic E-state index is 12.1. The molecule has 2 rings (SSSR count). The lowest BCUT2D eigenvalue weighted by Gasteiger charge is -2.26. The van der Waals surface area contributed by atoms with E-state index in [0.29, 0.717) is 25.5 Å². The van der Waals surface area contributed by atoms with Gasteiger partial charge >= 0.3 is 0 Å². The maximum absolute atomic E-state index is 12.1. The quantitative estimate of drug-likeness (QED) is 0.134. The average Bonchev–Trinajstić information content (AvgIpc) is 2.77. The zero-order chi connectivity index (χ0) is 22.2. The fourth-order valence-electron chi connectivity index (χ4n) is 3.11. The average molecular weight is 452 g/mol. The molecule has 1 aliphatic heterocycles. The highest BCUT2D eigenvalue weighted by molar-refractivity contribution is 7.89. The van der Waals surface area contributed by atoms with Gasteiger partial charge in [0.05, 0.1) is 19.0 Å². The van der Waals surface area contributed by atoms with Crippen LogP contribution in [-0.2, 0) is 14.8 Å². The summed E-state index contributed by atoms with van der Waals surface area (Å²) in [6.45, 7) is 5.28. The van der Waals surface area contributed by atoms with E-state index in [1.165, 1.54) is 0 Å². The summed E-state index contributed by atoms with van der Waals surface area (Å²) in [6.07, 6.45) is 9.13. The third kappa shape index (κ3) is 11.6. The van der Waals surface area contributed by atoms with Crippen LogP contribution in [0.2, 0.25) is 0 Å². The molecule has 172 valence electrons. The van der Waals surface area contributed by atoms with Crippen molar-refractivity contribution in [3.05, 3.63) is 24.5 Å². The van der Waals surface area contributed by atoms with Gasteiger partial charge in [-0.25, -0.2) is 13.1 Å². The van der Waals surface area contributed by atoms with Gasteiger partial charge in [-0.1, -0.05) is 12.8 Å². The standard InChI is InChI=1S/C20H33N7O3S/c21-18-24-20(26-19-6-10-22-11-7-19)23-8-3-1-2-4-17-31(28,29)25-9-5-12-27-13-15-30-16-14-27/h6-7,10-11,25H,1-5,8-9,12-17H2,(H2,22,23,24,26). The van der Waals surface area contributed by atoms with Gasteiger partial charge < -0.3 is 10.1 Å². The van der Waals surface area contributed by atoms with E-state index in [-0.39, 0.29) is 5.75 Å². The number of nitrogens with zero attached hydrogens (tertiary/aromatic N) is 4. The molecule has 10 nitrogen and oxygen atoms in total. The van der Waals surface area contributed by atoms with Crippen molar-refractivity contribution >= 4 is 21.7 Å². The SMILES string of the molecule is N#CNC(=NCCCCCCS(=O)(=O)NCCCN1CCOCC1)Nc1ccncc1. The molecule has 3 N–H and O–H groups in total. The second-order valence-corrected chi connectivity index (χ2v) is 9.19. The number of nitrogens with one attached hydrogen (secondary N) is 3. The number of aliphatic imine (C=N–C) groups is 1. The second kappa shape index (κ2) is 14.7. The van der Waals surface area contributed by atoms with E-state index in [1.807, 2.05) is 6.19 Å². The molecule has 1 aromatic heterocycles. The Morgan fingerprint density at radius 3 is 2.65 bits per heavy atom. The summed E-state index contributed by atoms with van der Waals surface area (Å²) in [5, 5.41) is 14.4. The van der Waals surface area contributed by atoms with Gasteiger partial charge in [-0.2, -0.15) is 5.26 Å². The van der Waals surface area contributed by atoms with Gasteiger partial charge in [0.25, 0.3) is 0 Å². The van der Waals surface area contributed by atoms with Crippen LogP contribution in [0.15, 0.2) is 29.5 Å². The van der Waals surface area contributed by atoms with Crippen LogP contribution < -0.4 is 15.4 Å². The monoisotopic (exact) mass is 451 g/mol. The molecule has 0 aliphatic carbocycles. The minimum absolute atomic E-state index is 0.151. The third-order valence-electron chi connectivity index (χ3n) is 4.79. The number of aromatic nitrogens is 1. The van der Waals surface area contributed by atoms with Crippen LogP contribution in [0.5, 0.6) is 0 Å². The lowest BCUT2D eigenvalue weighted by atomic mass is 10.2. The van der Waals surface area contributed by atoms with Gasteiger partial charge in [0.1, 0.15) is 0 Å². The maximum Gasteiger partial charge on any atom is 0.211 e. The van der Waals surface area contributed by atoms with E-state index >= 15 is 0 Å². The molecule has 0 spiro atoms. The summed E-state index contributed by atoms with van der Waals surface area (Å²) in [4.78, 5) is 10.6. The first-order valence-electron chi connectivity index (χ1n) is 10.7.